The standard InChI is InChI=1S/C10H18N2O6S/c1-10(2,3)18-9(15)12-7-5-19(16,17)11-4-6(7)8(13)14/h6-7,11H,4-5H2,1-3H3,(H,12,15)(H,13,14)/t6-,7-/m1/s1. The van der Waals surface area contributed by atoms with Crippen molar-refractivity contribution in [1.82, 2.24) is 10.0 Å². The van der Waals surface area contributed by atoms with Gasteiger partial charge in [-0.2, -0.15) is 0 Å². The van der Waals surface area contributed by atoms with Crippen molar-refractivity contribution in [3.05, 3.63) is 0 Å². The van der Waals surface area contributed by atoms with Crippen LogP contribution in [0.5, 0.6) is 0 Å². The van der Waals surface area contributed by atoms with Crippen molar-refractivity contribution in [2.45, 2.75) is 32.4 Å². The molecule has 0 aromatic carbocycles. The summed E-state index contributed by atoms with van der Waals surface area (Å²) in [5.74, 6) is -2.68. The Morgan fingerprint density at radius 3 is 2.42 bits per heavy atom. The molecule has 2 atom stereocenters. The van der Waals surface area contributed by atoms with E-state index in [0.717, 1.165) is 0 Å². The molecule has 0 unspecified atom stereocenters. The lowest BCUT2D eigenvalue weighted by molar-refractivity contribution is -0.142. The molecule has 19 heavy (non-hydrogen) atoms. The number of amides is 1. The molecule has 1 aliphatic heterocycles. The molecule has 8 nitrogen and oxygen atoms in total. The number of aliphatic carboxylic acids is 1. The molecule has 0 aromatic rings. The molecule has 110 valence electrons. The molecule has 1 saturated heterocycles. The number of hydrogen-bond donors (Lipinski definition) is 3. The lowest BCUT2D eigenvalue weighted by Gasteiger charge is -2.30. The van der Waals surface area contributed by atoms with Gasteiger partial charge in [0.05, 0.1) is 17.7 Å². The third-order valence-corrected chi connectivity index (χ3v) is 3.83. The topological polar surface area (TPSA) is 122 Å². The number of alkyl carbamates (subject to hydrolysis) is 1. The second-order valence-electron chi connectivity index (χ2n) is 5.33. The quantitative estimate of drug-likeness (QED) is 0.632. The Balaban J connectivity index is 2.76. The summed E-state index contributed by atoms with van der Waals surface area (Å²) in [6.07, 6.45) is -0.833. The molecule has 9 heteroatoms. The van der Waals surface area contributed by atoms with E-state index in [1.807, 2.05) is 0 Å². The van der Waals surface area contributed by atoms with Gasteiger partial charge in [-0.25, -0.2) is 17.9 Å². The molecule has 1 aliphatic rings. The van der Waals surface area contributed by atoms with Crippen LogP contribution in [0.2, 0.25) is 0 Å². The van der Waals surface area contributed by atoms with E-state index in [9.17, 15) is 18.0 Å². The van der Waals surface area contributed by atoms with Crippen LogP contribution in [0.1, 0.15) is 20.8 Å². The van der Waals surface area contributed by atoms with Crippen LogP contribution in [0.3, 0.4) is 0 Å². The van der Waals surface area contributed by atoms with E-state index in [4.69, 9.17) is 9.84 Å². The van der Waals surface area contributed by atoms with Crippen LogP contribution in [0.25, 0.3) is 0 Å². The Kier molecular flexibility index (Phi) is 4.41. The van der Waals surface area contributed by atoms with Gasteiger partial charge < -0.3 is 15.2 Å². The number of sulfonamides is 1. The third kappa shape index (κ3) is 5.03. The highest BCUT2D eigenvalue weighted by atomic mass is 32.2. The smallest absolute Gasteiger partial charge is 0.407 e. The van der Waals surface area contributed by atoms with E-state index in [2.05, 4.69) is 10.0 Å². The van der Waals surface area contributed by atoms with E-state index >= 15 is 0 Å². The van der Waals surface area contributed by atoms with E-state index in [-0.39, 0.29) is 6.54 Å². The van der Waals surface area contributed by atoms with Crippen LogP contribution in [0.4, 0.5) is 4.79 Å². The van der Waals surface area contributed by atoms with Crippen LogP contribution < -0.4 is 10.0 Å². The zero-order valence-electron chi connectivity index (χ0n) is 11.0. The van der Waals surface area contributed by atoms with Crippen molar-refractivity contribution in [3.63, 3.8) is 0 Å². The minimum Gasteiger partial charge on any atom is -0.481 e. The van der Waals surface area contributed by atoms with Gasteiger partial charge in [0.1, 0.15) is 5.60 Å². The number of rotatable bonds is 2. The Hall–Kier alpha value is -1.35. The van der Waals surface area contributed by atoms with Crippen molar-refractivity contribution in [2.24, 2.45) is 5.92 Å². The molecule has 1 rings (SSSR count). The first-order chi connectivity index (χ1) is 8.50. The number of carbonyl (C=O) groups excluding carboxylic acids is 1. The maximum Gasteiger partial charge on any atom is 0.407 e. The molecule has 0 spiro atoms. The molecule has 0 saturated carbocycles. The highest BCUT2D eigenvalue weighted by Gasteiger charge is 2.38. The monoisotopic (exact) mass is 294 g/mol. The fourth-order valence-electron chi connectivity index (χ4n) is 1.63. The average Bonchev–Trinajstić information content (AvgIpc) is 2.11. The molecule has 0 radical (unpaired) electrons. The largest absolute Gasteiger partial charge is 0.481 e. The SMILES string of the molecule is CC(C)(C)OC(=O)N[C@@H]1CS(=O)(=O)NC[C@H]1C(=O)O. The average molecular weight is 294 g/mol. The van der Waals surface area contributed by atoms with Gasteiger partial charge in [0, 0.05) is 6.54 Å². The molecular formula is C10H18N2O6S. The summed E-state index contributed by atoms with van der Waals surface area (Å²) in [6, 6.07) is -1.02. The fourth-order valence-corrected chi connectivity index (χ4v) is 2.97. The first-order valence-electron chi connectivity index (χ1n) is 5.70. The van der Waals surface area contributed by atoms with Crippen LogP contribution >= 0.6 is 0 Å². The van der Waals surface area contributed by atoms with Gasteiger partial charge in [0.2, 0.25) is 10.0 Å². The van der Waals surface area contributed by atoms with Crippen molar-refractivity contribution in [2.75, 3.05) is 12.3 Å². The predicted molar refractivity (Wildman–Crippen MR) is 66.1 cm³/mol. The number of carboxylic acid groups (broad SMARTS) is 1. The summed E-state index contributed by atoms with van der Waals surface area (Å²) in [7, 11) is -3.57. The van der Waals surface area contributed by atoms with E-state index < -0.39 is 45.4 Å². The van der Waals surface area contributed by atoms with Crippen molar-refractivity contribution in [3.8, 4) is 0 Å². The summed E-state index contributed by atoms with van der Waals surface area (Å²) in [6.45, 7) is 4.71. The molecule has 0 aromatic heterocycles. The minimum absolute atomic E-state index is 0.252. The molecule has 1 amide bonds. The molecule has 0 aliphatic carbocycles. The first kappa shape index (κ1) is 15.7. The van der Waals surface area contributed by atoms with Crippen LogP contribution in [-0.4, -0.2) is 49.5 Å². The summed E-state index contributed by atoms with van der Waals surface area (Å²) in [4.78, 5) is 22.6. The Bertz CT molecular complexity index is 467. The predicted octanol–water partition coefficient (Wildman–Crippen LogP) is -0.486. The highest BCUT2D eigenvalue weighted by Crippen LogP contribution is 2.14. The first-order valence-corrected chi connectivity index (χ1v) is 7.35. The molecule has 0 bridgehead atoms. The summed E-state index contributed by atoms with van der Waals surface area (Å²) in [5.41, 5.74) is -0.741. The second kappa shape index (κ2) is 5.33. The summed E-state index contributed by atoms with van der Waals surface area (Å²) in [5, 5.41) is 11.3. The number of carboxylic acids is 1. The second-order valence-corrected chi connectivity index (χ2v) is 7.18. The van der Waals surface area contributed by atoms with Gasteiger partial charge in [-0.3, -0.25) is 4.79 Å². The fraction of sp³-hybridized carbons (Fsp3) is 0.800. The normalized spacial score (nSPS) is 26.5. The van der Waals surface area contributed by atoms with Gasteiger partial charge in [-0.15, -0.1) is 0 Å². The van der Waals surface area contributed by atoms with Gasteiger partial charge >= 0.3 is 12.1 Å². The Morgan fingerprint density at radius 2 is 1.95 bits per heavy atom. The number of carbonyl (C=O) groups is 2. The van der Waals surface area contributed by atoms with Crippen molar-refractivity contribution >= 4 is 22.1 Å². The number of nitrogens with one attached hydrogen (secondary N) is 2. The molecule has 1 heterocycles. The van der Waals surface area contributed by atoms with Crippen molar-refractivity contribution in [1.29, 1.82) is 0 Å². The molecular weight excluding hydrogens is 276 g/mol. The van der Waals surface area contributed by atoms with Gasteiger partial charge in [-0.05, 0) is 20.8 Å². The zero-order chi connectivity index (χ0) is 14.8. The van der Waals surface area contributed by atoms with Crippen LogP contribution in [-0.2, 0) is 19.6 Å². The third-order valence-electron chi connectivity index (χ3n) is 2.43. The molecule has 1 fully saturated rings. The Morgan fingerprint density at radius 1 is 1.37 bits per heavy atom. The number of hydrogen-bond acceptors (Lipinski definition) is 5. The number of ether oxygens (including phenoxy) is 1. The van der Waals surface area contributed by atoms with Gasteiger partial charge in [0.15, 0.2) is 0 Å². The van der Waals surface area contributed by atoms with Crippen molar-refractivity contribution < 1.29 is 27.9 Å². The van der Waals surface area contributed by atoms with E-state index in [0.29, 0.717) is 0 Å². The van der Waals surface area contributed by atoms with Crippen LogP contribution in [0.15, 0.2) is 0 Å². The van der Waals surface area contributed by atoms with Gasteiger partial charge in [0.25, 0.3) is 0 Å². The summed E-state index contributed by atoms with van der Waals surface area (Å²) < 4.78 is 29.9. The van der Waals surface area contributed by atoms with Crippen LogP contribution in [0, 0.1) is 5.92 Å². The lowest BCUT2D eigenvalue weighted by Crippen LogP contribution is -2.57. The zero-order valence-corrected chi connectivity index (χ0v) is 11.8. The highest BCUT2D eigenvalue weighted by molar-refractivity contribution is 7.89. The maximum atomic E-state index is 11.6. The van der Waals surface area contributed by atoms with Gasteiger partial charge in [-0.1, -0.05) is 0 Å². The Labute approximate surface area is 111 Å². The lowest BCUT2D eigenvalue weighted by atomic mass is 10.0. The molecule has 3 N–H and O–H groups in total. The van der Waals surface area contributed by atoms with E-state index in [1.54, 1.807) is 20.8 Å². The maximum absolute atomic E-state index is 11.6. The van der Waals surface area contributed by atoms with E-state index in [1.165, 1.54) is 0 Å². The summed E-state index contributed by atoms with van der Waals surface area (Å²) >= 11 is 0. The minimum atomic E-state index is -3.57.